The highest BCUT2D eigenvalue weighted by atomic mass is 16.1. The lowest BCUT2D eigenvalue weighted by Gasteiger charge is -2.32. The summed E-state index contributed by atoms with van der Waals surface area (Å²) >= 11 is 0. The van der Waals surface area contributed by atoms with Gasteiger partial charge in [-0.15, -0.1) is 0 Å². The summed E-state index contributed by atoms with van der Waals surface area (Å²) in [7, 11) is 0. The summed E-state index contributed by atoms with van der Waals surface area (Å²) in [6, 6.07) is 6.05. The van der Waals surface area contributed by atoms with Crippen molar-refractivity contribution in [1.82, 2.24) is 10.3 Å². The first kappa shape index (κ1) is 12.9. The maximum Gasteiger partial charge on any atom is 0.216 e. The highest BCUT2D eigenvalue weighted by molar-refractivity contribution is 5.72. The van der Waals surface area contributed by atoms with Crippen molar-refractivity contribution in [2.75, 3.05) is 24.5 Å². The maximum absolute atomic E-state index is 10.8. The van der Waals surface area contributed by atoms with E-state index in [1.54, 1.807) is 6.92 Å². The van der Waals surface area contributed by atoms with E-state index in [-0.39, 0.29) is 5.91 Å². The first-order chi connectivity index (χ1) is 8.75. The molecule has 1 N–H and O–H groups in total. The molecule has 1 amide bonds. The second kappa shape index (κ2) is 6.38. The summed E-state index contributed by atoms with van der Waals surface area (Å²) in [5, 5.41) is 2.87. The van der Waals surface area contributed by atoms with Crippen molar-refractivity contribution in [2.24, 2.45) is 5.92 Å². The van der Waals surface area contributed by atoms with Gasteiger partial charge in [-0.3, -0.25) is 4.79 Å². The molecular weight excluding hydrogens is 226 g/mol. The molecule has 2 rings (SSSR count). The number of rotatable bonds is 4. The van der Waals surface area contributed by atoms with Gasteiger partial charge in [0.2, 0.25) is 5.91 Å². The lowest BCUT2D eigenvalue weighted by atomic mass is 9.93. The number of carbonyl (C=O) groups is 1. The molecule has 4 nitrogen and oxygen atoms in total. The molecular formula is C14H21N3O. The first-order valence-electron chi connectivity index (χ1n) is 6.66. The average Bonchev–Trinajstić information content (AvgIpc) is 2.40. The molecule has 18 heavy (non-hydrogen) atoms. The molecule has 1 aromatic heterocycles. The van der Waals surface area contributed by atoms with Gasteiger partial charge in [-0.2, -0.15) is 0 Å². The SMILES string of the molecule is CC(=O)NCCC1CCN(c2ccccn2)CC1. The van der Waals surface area contributed by atoms with Crippen molar-refractivity contribution in [3.05, 3.63) is 24.4 Å². The predicted octanol–water partition coefficient (Wildman–Crippen LogP) is 1.82. The van der Waals surface area contributed by atoms with Gasteiger partial charge < -0.3 is 10.2 Å². The third-order valence-corrected chi connectivity index (χ3v) is 3.51. The minimum Gasteiger partial charge on any atom is -0.357 e. The quantitative estimate of drug-likeness (QED) is 0.882. The maximum atomic E-state index is 10.8. The van der Waals surface area contributed by atoms with Crippen molar-refractivity contribution in [3.8, 4) is 0 Å². The Morgan fingerprint density at radius 2 is 2.22 bits per heavy atom. The van der Waals surface area contributed by atoms with E-state index in [2.05, 4.69) is 21.3 Å². The summed E-state index contributed by atoms with van der Waals surface area (Å²) in [6.45, 7) is 4.52. The summed E-state index contributed by atoms with van der Waals surface area (Å²) < 4.78 is 0. The molecule has 0 saturated carbocycles. The van der Waals surface area contributed by atoms with Gasteiger partial charge in [0.25, 0.3) is 0 Å². The summed E-state index contributed by atoms with van der Waals surface area (Å²) in [5.41, 5.74) is 0. The van der Waals surface area contributed by atoms with Crippen molar-refractivity contribution < 1.29 is 4.79 Å². The molecule has 1 aliphatic heterocycles. The zero-order chi connectivity index (χ0) is 12.8. The molecule has 0 bridgehead atoms. The number of nitrogens with zero attached hydrogens (tertiary/aromatic N) is 2. The number of anilines is 1. The fourth-order valence-corrected chi connectivity index (χ4v) is 2.44. The predicted molar refractivity (Wildman–Crippen MR) is 72.5 cm³/mol. The number of nitrogens with one attached hydrogen (secondary N) is 1. The van der Waals surface area contributed by atoms with Crippen LogP contribution in [0, 0.1) is 5.92 Å². The second-order valence-electron chi connectivity index (χ2n) is 4.89. The molecule has 1 saturated heterocycles. The molecule has 1 aliphatic rings. The van der Waals surface area contributed by atoms with Crippen LogP contribution < -0.4 is 10.2 Å². The molecule has 4 heteroatoms. The lowest BCUT2D eigenvalue weighted by Crippen LogP contribution is -2.35. The standard InChI is InChI=1S/C14H21N3O/c1-12(18)15-9-5-13-6-10-17(11-7-13)14-4-2-3-8-16-14/h2-4,8,13H,5-7,9-11H2,1H3,(H,15,18). The van der Waals surface area contributed by atoms with Crippen LogP contribution in [0.4, 0.5) is 5.82 Å². The van der Waals surface area contributed by atoms with E-state index in [1.165, 1.54) is 12.8 Å². The van der Waals surface area contributed by atoms with Gasteiger partial charge in [0, 0.05) is 32.8 Å². The third-order valence-electron chi connectivity index (χ3n) is 3.51. The van der Waals surface area contributed by atoms with E-state index in [9.17, 15) is 4.79 Å². The second-order valence-corrected chi connectivity index (χ2v) is 4.89. The smallest absolute Gasteiger partial charge is 0.216 e. The van der Waals surface area contributed by atoms with Crippen LogP contribution in [-0.4, -0.2) is 30.5 Å². The topological polar surface area (TPSA) is 45.2 Å². The highest BCUT2D eigenvalue weighted by Crippen LogP contribution is 2.23. The zero-order valence-electron chi connectivity index (χ0n) is 10.9. The normalized spacial score (nSPS) is 16.6. The van der Waals surface area contributed by atoms with Crippen molar-refractivity contribution >= 4 is 11.7 Å². The van der Waals surface area contributed by atoms with Gasteiger partial charge in [0.1, 0.15) is 5.82 Å². The van der Waals surface area contributed by atoms with Crippen LogP contribution >= 0.6 is 0 Å². The summed E-state index contributed by atoms with van der Waals surface area (Å²) in [5.74, 6) is 1.88. The number of carbonyl (C=O) groups excluding carboxylic acids is 1. The fraction of sp³-hybridized carbons (Fsp3) is 0.571. The van der Waals surface area contributed by atoms with E-state index in [0.29, 0.717) is 0 Å². The van der Waals surface area contributed by atoms with E-state index in [1.807, 2.05) is 18.3 Å². The minimum atomic E-state index is 0.0703. The van der Waals surface area contributed by atoms with Gasteiger partial charge in [0.05, 0.1) is 0 Å². The number of piperidine rings is 1. The Morgan fingerprint density at radius 1 is 1.44 bits per heavy atom. The van der Waals surface area contributed by atoms with E-state index < -0.39 is 0 Å². The van der Waals surface area contributed by atoms with Crippen molar-refractivity contribution in [2.45, 2.75) is 26.2 Å². The van der Waals surface area contributed by atoms with Gasteiger partial charge in [-0.05, 0) is 37.3 Å². The molecule has 2 heterocycles. The number of pyridine rings is 1. The van der Waals surface area contributed by atoms with Crippen LogP contribution in [0.15, 0.2) is 24.4 Å². The van der Waals surface area contributed by atoms with Crippen molar-refractivity contribution in [3.63, 3.8) is 0 Å². The van der Waals surface area contributed by atoms with Crippen LogP contribution in [-0.2, 0) is 4.79 Å². The average molecular weight is 247 g/mol. The van der Waals surface area contributed by atoms with Crippen LogP contribution in [0.25, 0.3) is 0 Å². The molecule has 1 fully saturated rings. The Bertz CT molecular complexity index is 372. The summed E-state index contributed by atoms with van der Waals surface area (Å²) in [6.07, 6.45) is 5.32. The molecule has 1 aromatic rings. The Balaban J connectivity index is 1.73. The number of aromatic nitrogens is 1. The Morgan fingerprint density at radius 3 is 2.83 bits per heavy atom. The third kappa shape index (κ3) is 3.72. The fourth-order valence-electron chi connectivity index (χ4n) is 2.44. The number of hydrogen-bond acceptors (Lipinski definition) is 3. The number of hydrogen-bond donors (Lipinski definition) is 1. The van der Waals surface area contributed by atoms with E-state index in [4.69, 9.17) is 0 Å². The van der Waals surface area contributed by atoms with Gasteiger partial charge in [-0.25, -0.2) is 4.98 Å². The van der Waals surface area contributed by atoms with Crippen LogP contribution in [0.1, 0.15) is 26.2 Å². The largest absolute Gasteiger partial charge is 0.357 e. The molecule has 0 aromatic carbocycles. The van der Waals surface area contributed by atoms with Crippen molar-refractivity contribution in [1.29, 1.82) is 0 Å². The summed E-state index contributed by atoms with van der Waals surface area (Å²) in [4.78, 5) is 17.5. The van der Waals surface area contributed by atoms with Gasteiger partial charge >= 0.3 is 0 Å². The highest BCUT2D eigenvalue weighted by Gasteiger charge is 2.19. The molecule has 0 atom stereocenters. The first-order valence-corrected chi connectivity index (χ1v) is 6.66. The van der Waals surface area contributed by atoms with Gasteiger partial charge in [-0.1, -0.05) is 6.07 Å². The minimum absolute atomic E-state index is 0.0703. The van der Waals surface area contributed by atoms with E-state index in [0.717, 1.165) is 37.8 Å². The van der Waals surface area contributed by atoms with Crippen LogP contribution in [0.2, 0.25) is 0 Å². The molecule has 0 aliphatic carbocycles. The molecule has 0 spiro atoms. The van der Waals surface area contributed by atoms with Crippen LogP contribution in [0.5, 0.6) is 0 Å². The Labute approximate surface area is 108 Å². The van der Waals surface area contributed by atoms with Crippen LogP contribution in [0.3, 0.4) is 0 Å². The zero-order valence-corrected chi connectivity index (χ0v) is 10.9. The van der Waals surface area contributed by atoms with E-state index >= 15 is 0 Å². The molecule has 98 valence electrons. The molecule has 0 unspecified atom stereocenters. The monoisotopic (exact) mass is 247 g/mol. The Kier molecular flexibility index (Phi) is 4.56. The lowest BCUT2D eigenvalue weighted by molar-refractivity contribution is -0.119. The number of amides is 1. The van der Waals surface area contributed by atoms with Gasteiger partial charge in [0.15, 0.2) is 0 Å². The molecule has 0 radical (unpaired) electrons. The Hall–Kier alpha value is -1.58.